The Hall–Kier alpha value is -1.17. The number of rotatable bonds is 4. The number of likely N-dealkylation sites (tertiary alicyclic amines) is 1. The van der Waals surface area contributed by atoms with Crippen LogP contribution in [-0.4, -0.2) is 111 Å². The number of halogens is 1. The van der Waals surface area contributed by atoms with Gasteiger partial charge in [-0.2, -0.15) is 0 Å². The summed E-state index contributed by atoms with van der Waals surface area (Å²) < 4.78 is 5.50. The van der Waals surface area contributed by atoms with Crippen LogP contribution in [0.3, 0.4) is 0 Å². The van der Waals surface area contributed by atoms with E-state index in [0.717, 1.165) is 83.9 Å². The number of guanidine groups is 1. The monoisotopic (exact) mass is 529 g/mol. The molecule has 4 rings (SSSR count). The molecule has 8 nitrogen and oxygen atoms in total. The number of pyridine rings is 1. The third-order valence-corrected chi connectivity index (χ3v) is 6.32. The van der Waals surface area contributed by atoms with Gasteiger partial charge < -0.3 is 24.8 Å². The molecule has 1 N–H and O–H groups in total. The van der Waals surface area contributed by atoms with Gasteiger partial charge in [0.1, 0.15) is 5.82 Å². The summed E-state index contributed by atoms with van der Waals surface area (Å²) in [6.45, 7) is 11.0. The molecule has 1 unspecified atom stereocenters. The van der Waals surface area contributed by atoms with Crippen molar-refractivity contribution in [3.63, 3.8) is 0 Å². The summed E-state index contributed by atoms with van der Waals surface area (Å²) >= 11 is 0. The van der Waals surface area contributed by atoms with Crippen molar-refractivity contribution in [2.24, 2.45) is 4.99 Å². The Morgan fingerprint density at radius 3 is 2.67 bits per heavy atom. The number of aromatic nitrogens is 1. The Bertz CT molecular complexity index is 690. The van der Waals surface area contributed by atoms with E-state index in [1.165, 1.54) is 12.0 Å². The first-order valence-electron chi connectivity index (χ1n) is 10.9. The summed E-state index contributed by atoms with van der Waals surface area (Å²) in [6.07, 6.45) is 3.13. The highest BCUT2D eigenvalue weighted by molar-refractivity contribution is 14.0. The van der Waals surface area contributed by atoms with Crippen molar-refractivity contribution in [1.29, 1.82) is 0 Å². The first-order chi connectivity index (χ1) is 14.2. The van der Waals surface area contributed by atoms with Crippen LogP contribution in [0.15, 0.2) is 23.3 Å². The summed E-state index contributed by atoms with van der Waals surface area (Å²) in [5.41, 5.74) is 1.25. The number of piperazine rings is 1. The van der Waals surface area contributed by atoms with Gasteiger partial charge in [-0.25, -0.2) is 4.98 Å². The number of anilines is 1. The first kappa shape index (κ1) is 23.5. The van der Waals surface area contributed by atoms with E-state index in [9.17, 15) is 0 Å². The molecule has 4 heterocycles. The third-order valence-electron chi connectivity index (χ3n) is 6.32. The van der Waals surface area contributed by atoms with Gasteiger partial charge in [0.05, 0.1) is 13.2 Å². The number of aliphatic imine (C=N–C) groups is 1. The van der Waals surface area contributed by atoms with Crippen molar-refractivity contribution in [1.82, 2.24) is 25.0 Å². The second-order valence-electron chi connectivity index (χ2n) is 8.25. The Morgan fingerprint density at radius 1 is 1.17 bits per heavy atom. The molecule has 3 aliphatic rings. The highest BCUT2D eigenvalue weighted by atomic mass is 127. The Morgan fingerprint density at radius 2 is 1.93 bits per heavy atom. The maximum Gasteiger partial charge on any atom is 0.193 e. The molecule has 1 aromatic rings. The average molecular weight is 529 g/mol. The molecule has 168 valence electrons. The molecule has 0 saturated carbocycles. The van der Waals surface area contributed by atoms with Crippen LogP contribution >= 0.6 is 24.0 Å². The minimum atomic E-state index is 0. The first-order valence-corrected chi connectivity index (χ1v) is 10.9. The van der Waals surface area contributed by atoms with Crippen LogP contribution in [0.25, 0.3) is 0 Å². The lowest BCUT2D eigenvalue weighted by atomic mass is 10.2. The molecule has 1 aromatic heterocycles. The third kappa shape index (κ3) is 5.95. The number of ether oxygens (including phenoxy) is 1. The van der Waals surface area contributed by atoms with Crippen molar-refractivity contribution in [3.05, 3.63) is 23.9 Å². The predicted molar refractivity (Wildman–Crippen MR) is 132 cm³/mol. The van der Waals surface area contributed by atoms with Crippen molar-refractivity contribution < 1.29 is 4.74 Å². The summed E-state index contributed by atoms with van der Waals surface area (Å²) in [6, 6.07) is 4.93. The molecule has 0 radical (unpaired) electrons. The molecule has 0 aromatic carbocycles. The van der Waals surface area contributed by atoms with E-state index in [-0.39, 0.29) is 24.0 Å². The standard InChI is InChI=1S/C21H35N7O.HI/c1-22-21(28-6-4-19(17-28)26-11-13-29-14-12-26)24-16-18-3-5-23-20(15-18)27-9-7-25(2)8-10-27;/h3,5,15,19H,4,6-14,16-17H2,1-2H3,(H,22,24);1H. The second kappa shape index (κ2) is 11.4. The van der Waals surface area contributed by atoms with E-state index in [1.807, 2.05) is 13.2 Å². The largest absolute Gasteiger partial charge is 0.379 e. The lowest BCUT2D eigenvalue weighted by Crippen LogP contribution is -2.46. The second-order valence-corrected chi connectivity index (χ2v) is 8.25. The van der Waals surface area contributed by atoms with E-state index in [2.05, 4.69) is 54.1 Å². The molecule has 30 heavy (non-hydrogen) atoms. The summed E-state index contributed by atoms with van der Waals surface area (Å²) in [4.78, 5) is 18.9. The zero-order valence-electron chi connectivity index (χ0n) is 18.3. The fourth-order valence-electron chi connectivity index (χ4n) is 4.47. The van der Waals surface area contributed by atoms with Crippen LogP contribution in [-0.2, 0) is 11.3 Å². The fourth-order valence-corrected chi connectivity index (χ4v) is 4.47. The van der Waals surface area contributed by atoms with Crippen LogP contribution < -0.4 is 10.2 Å². The van der Waals surface area contributed by atoms with E-state index in [4.69, 9.17) is 4.74 Å². The maximum atomic E-state index is 5.50. The lowest BCUT2D eigenvalue weighted by molar-refractivity contribution is 0.0195. The Labute approximate surface area is 197 Å². The number of morpholine rings is 1. The summed E-state index contributed by atoms with van der Waals surface area (Å²) in [5, 5.41) is 3.57. The molecule has 3 fully saturated rings. The van der Waals surface area contributed by atoms with E-state index >= 15 is 0 Å². The molecule has 1 atom stereocenters. The van der Waals surface area contributed by atoms with Crippen LogP contribution in [0.4, 0.5) is 5.82 Å². The van der Waals surface area contributed by atoms with Crippen molar-refractivity contribution in [2.75, 3.05) is 84.6 Å². The van der Waals surface area contributed by atoms with Crippen LogP contribution in [0.1, 0.15) is 12.0 Å². The van der Waals surface area contributed by atoms with E-state index < -0.39 is 0 Å². The smallest absolute Gasteiger partial charge is 0.193 e. The highest BCUT2D eigenvalue weighted by Gasteiger charge is 2.30. The van der Waals surface area contributed by atoms with Crippen molar-refractivity contribution >= 4 is 35.8 Å². The van der Waals surface area contributed by atoms with Gasteiger partial charge in [-0.1, -0.05) is 0 Å². The maximum absolute atomic E-state index is 5.50. The molecular weight excluding hydrogens is 493 g/mol. The number of likely N-dealkylation sites (N-methyl/N-ethyl adjacent to an activating group) is 1. The fraction of sp³-hybridized carbons (Fsp3) is 0.714. The molecule has 3 aliphatic heterocycles. The summed E-state index contributed by atoms with van der Waals surface area (Å²) in [5.74, 6) is 2.08. The predicted octanol–water partition coefficient (Wildman–Crippen LogP) is 0.933. The highest BCUT2D eigenvalue weighted by Crippen LogP contribution is 2.18. The molecule has 0 spiro atoms. The van der Waals surface area contributed by atoms with Gasteiger partial charge in [-0.3, -0.25) is 9.89 Å². The normalized spacial score (nSPS) is 24.1. The van der Waals surface area contributed by atoms with Crippen molar-refractivity contribution in [3.8, 4) is 0 Å². The van der Waals surface area contributed by atoms with Crippen molar-refractivity contribution in [2.45, 2.75) is 19.0 Å². The minimum absolute atomic E-state index is 0. The Kier molecular flexibility index (Phi) is 8.97. The topological polar surface area (TPSA) is 59.5 Å². The molecule has 0 amide bonds. The average Bonchev–Trinajstić information content (AvgIpc) is 3.26. The molecular formula is C21H36IN7O. The Balaban J connectivity index is 0.00000256. The number of hydrogen-bond donors (Lipinski definition) is 1. The minimum Gasteiger partial charge on any atom is -0.379 e. The van der Waals surface area contributed by atoms with Gasteiger partial charge in [-0.15, -0.1) is 24.0 Å². The van der Waals surface area contributed by atoms with Crippen LogP contribution in [0.2, 0.25) is 0 Å². The molecule has 3 saturated heterocycles. The van der Waals surface area contributed by atoms with Gasteiger partial charge in [0.15, 0.2) is 5.96 Å². The molecule has 0 bridgehead atoms. The number of nitrogens with zero attached hydrogens (tertiary/aromatic N) is 6. The molecule has 9 heteroatoms. The van der Waals surface area contributed by atoms with Gasteiger partial charge >= 0.3 is 0 Å². The van der Waals surface area contributed by atoms with Gasteiger partial charge in [0, 0.05) is 78.2 Å². The van der Waals surface area contributed by atoms with Gasteiger partial charge in [0.25, 0.3) is 0 Å². The van der Waals surface area contributed by atoms with E-state index in [1.54, 1.807) is 0 Å². The SMILES string of the molecule is CN=C(NCc1ccnc(N2CCN(C)CC2)c1)N1CCC(N2CCOCC2)C1.I. The molecule has 0 aliphatic carbocycles. The van der Waals surface area contributed by atoms with E-state index in [0.29, 0.717) is 6.04 Å². The van der Waals surface area contributed by atoms with Gasteiger partial charge in [0.2, 0.25) is 0 Å². The summed E-state index contributed by atoms with van der Waals surface area (Å²) in [7, 11) is 4.06. The van der Waals surface area contributed by atoms with Gasteiger partial charge in [-0.05, 0) is 31.2 Å². The zero-order chi connectivity index (χ0) is 20.1. The van der Waals surface area contributed by atoms with Crippen LogP contribution in [0, 0.1) is 0 Å². The van der Waals surface area contributed by atoms with Crippen LogP contribution in [0.5, 0.6) is 0 Å². The zero-order valence-corrected chi connectivity index (χ0v) is 20.6. The number of hydrogen-bond acceptors (Lipinski definition) is 6. The lowest BCUT2D eigenvalue weighted by Gasteiger charge is -2.33. The number of nitrogens with one attached hydrogen (secondary N) is 1. The quantitative estimate of drug-likeness (QED) is 0.354.